The molecule has 2 N–H and O–H groups in total. The van der Waals surface area contributed by atoms with E-state index in [-0.39, 0.29) is 30.7 Å². The summed E-state index contributed by atoms with van der Waals surface area (Å²) in [6, 6.07) is 30.4. The summed E-state index contributed by atoms with van der Waals surface area (Å²) in [5.41, 5.74) is 0.889. The van der Waals surface area contributed by atoms with Gasteiger partial charge in [0.2, 0.25) is 0 Å². The highest BCUT2D eigenvalue weighted by Gasteiger charge is 2.40. The number of H-pyrrole nitrogens is 1. The number of ether oxygens (including phenoxy) is 5. The van der Waals surface area contributed by atoms with Gasteiger partial charge in [0.25, 0.3) is 11.2 Å². The van der Waals surface area contributed by atoms with Crippen LogP contribution in [0.1, 0.15) is 47.7 Å². The summed E-state index contributed by atoms with van der Waals surface area (Å²) in [6.45, 7) is 2.45. The van der Waals surface area contributed by atoms with Gasteiger partial charge in [-0.15, -0.1) is 0 Å². The van der Waals surface area contributed by atoms with E-state index in [0.29, 0.717) is 42.9 Å². The fraction of sp³-hybridized carbons (Fsp3) is 0.275. The Hall–Kier alpha value is -6.25. The molecule has 1 aliphatic rings. The Morgan fingerprint density at radius 3 is 2.19 bits per heavy atom. The van der Waals surface area contributed by atoms with Crippen LogP contribution < -0.4 is 30.8 Å². The molecule has 1 unspecified atom stereocenters. The second-order valence-electron chi connectivity index (χ2n) is 12.6. The zero-order chi connectivity index (χ0) is 38.1. The highest BCUT2D eigenvalue weighted by Crippen LogP contribution is 2.42. The number of amides is 1. The summed E-state index contributed by atoms with van der Waals surface area (Å²) in [4.78, 5) is 49.3. The van der Waals surface area contributed by atoms with Gasteiger partial charge >= 0.3 is 11.8 Å². The van der Waals surface area contributed by atoms with Crippen molar-refractivity contribution in [2.75, 3.05) is 26.9 Å². The van der Waals surface area contributed by atoms with Crippen LogP contribution in [0, 0.1) is 17.0 Å². The van der Waals surface area contributed by atoms with Crippen LogP contribution in [0.5, 0.6) is 17.2 Å². The number of aromatic nitrogens is 2. The van der Waals surface area contributed by atoms with Crippen LogP contribution in [-0.2, 0) is 15.1 Å². The topological polar surface area (TPSA) is 173 Å². The van der Waals surface area contributed by atoms with Gasteiger partial charge in [0.1, 0.15) is 29.1 Å². The molecule has 1 aromatic heterocycles. The van der Waals surface area contributed by atoms with Gasteiger partial charge in [0, 0.05) is 30.4 Å². The summed E-state index contributed by atoms with van der Waals surface area (Å²) in [7, 11) is 1.61. The number of nitrogens with one attached hydrogen (secondary N) is 2. The molecule has 5 aromatic rings. The molecule has 0 bridgehead atoms. The Morgan fingerprint density at radius 1 is 0.907 bits per heavy atom. The summed E-state index contributed by atoms with van der Waals surface area (Å²) in [5, 5.41) is 13.5. The highest BCUT2D eigenvalue weighted by atomic mass is 16.6. The van der Waals surface area contributed by atoms with Crippen molar-refractivity contribution >= 4 is 11.8 Å². The highest BCUT2D eigenvalue weighted by molar-refractivity contribution is 5.70. The van der Waals surface area contributed by atoms with Crippen LogP contribution in [0.4, 0.5) is 10.5 Å². The number of rotatable bonds is 15. The molecule has 1 amide bonds. The number of nitro benzene ring substituents is 1. The average Bonchev–Trinajstić information content (AvgIpc) is 3.66. The Kier molecular flexibility index (Phi) is 11.8. The van der Waals surface area contributed by atoms with E-state index in [1.165, 1.54) is 35.0 Å². The van der Waals surface area contributed by atoms with Crippen molar-refractivity contribution in [1.82, 2.24) is 14.9 Å². The predicted octanol–water partition coefficient (Wildman–Crippen LogP) is 6.01. The number of benzene rings is 4. The third-order valence-corrected chi connectivity index (χ3v) is 9.08. The molecular weight excluding hydrogens is 696 g/mol. The fourth-order valence-corrected chi connectivity index (χ4v) is 6.30. The SMILES string of the molecule is COc1ccc(C(OC[C@@H]2CC[C@H](n3cc(C)c(=O)[nH]c3=O)O2)(c2ccccc2)c2ccc(OCCCNC(=O)Oc3ccc([N+](=O)[O-])cc3)cc2)cc1. The maximum atomic E-state index is 12.6. The molecule has 280 valence electrons. The molecule has 54 heavy (non-hydrogen) atoms. The van der Waals surface area contributed by atoms with Crippen LogP contribution in [0.15, 0.2) is 119 Å². The monoisotopic (exact) mass is 736 g/mol. The van der Waals surface area contributed by atoms with Crippen molar-refractivity contribution in [2.24, 2.45) is 0 Å². The standard InChI is InChI=1S/C40H40N4O10/c1-27-25-43(38(46)42-37(27)45)36-22-21-35(53-36)26-52-40(28-7-4-3-5-8-28,29-9-15-32(50-2)16-10-29)30-11-17-33(18-12-30)51-24-6-23-41-39(47)54-34-19-13-31(14-20-34)44(48)49/h3-5,7-20,25,35-36H,6,21-24,26H2,1-2H3,(H,41,47)(H,42,45,46)/t35-,36+,40?/m0/s1. The van der Waals surface area contributed by atoms with Gasteiger partial charge in [0.05, 0.1) is 31.4 Å². The maximum Gasteiger partial charge on any atom is 0.412 e. The zero-order valence-corrected chi connectivity index (χ0v) is 29.8. The predicted molar refractivity (Wildman–Crippen MR) is 198 cm³/mol. The molecule has 4 aromatic carbocycles. The van der Waals surface area contributed by atoms with E-state index in [0.717, 1.165) is 16.7 Å². The molecule has 14 heteroatoms. The Bertz CT molecular complexity index is 2150. The molecule has 1 fully saturated rings. The van der Waals surface area contributed by atoms with Gasteiger partial charge in [-0.25, -0.2) is 9.59 Å². The molecule has 1 saturated heterocycles. The summed E-state index contributed by atoms with van der Waals surface area (Å²) < 4.78 is 31.4. The van der Waals surface area contributed by atoms with E-state index in [1.807, 2.05) is 78.9 Å². The molecule has 1 aliphatic heterocycles. The third-order valence-electron chi connectivity index (χ3n) is 9.08. The Labute approximate surface area is 310 Å². The number of non-ortho nitro benzene ring substituents is 1. The van der Waals surface area contributed by atoms with E-state index >= 15 is 0 Å². The van der Waals surface area contributed by atoms with Crippen molar-refractivity contribution in [1.29, 1.82) is 0 Å². The van der Waals surface area contributed by atoms with Crippen molar-refractivity contribution in [3.05, 3.63) is 163 Å². The minimum absolute atomic E-state index is 0.0982. The Morgan fingerprint density at radius 2 is 1.54 bits per heavy atom. The lowest BCUT2D eigenvalue weighted by Crippen LogP contribution is -2.36. The zero-order valence-electron chi connectivity index (χ0n) is 29.8. The minimum atomic E-state index is -1.08. The fourth-order valence-electron chi connectivity index (χ4n) is 6.30. The smallest absolute Gasteiger partial charge is 0.412 e. The van der Waals surface area contributed by atoms with Crippen LogP contribution in [0.3, 0.4) is 0 Å². The summed E-state index contributed by atoms with van der Waals surface area (Å²) in [5.74, 6) is 1.51. The lowest BCUT2D eigenvalue weighted by Gasteiger charge is -2.37. The number of carbonyl (C=O) groups is 1. The van der Waals surface area contributed by atoms with Gasteiger partial charge in [-0.1, -0.05) is 54.6 Å². The molecule has 6 rings (SSSR count). The third kappa shape index (κ3) is 8.68. The van der Waals surface area contributed by atoms with E-state index in [1.54, 1.807) is 14.0 Å². The average molecular weight is 737 g/mol. The molecule has 2 heterocycles. The maximum absolute atomic E-state index is 12.6. The number of aryl methyl sites for hydroxylation is 1. The van der Waals surface area contributed by atoms with E-state index in [2.05, 4.69) is 10.3 Å². The van der Waals surface area contributed by atoms with Crippen molar-refractivity contribution in [3.8, 4) is 17.2 Å². The molecule has 14 nitrogen and oxygen atoms in total. The van der Waals surface area contributed by atoms with Crippen molar-refractivity contribution in [3.63, 3.8) is 0 Å². The molecule has 3 atom stereocenters. The molecule has 0 radical (unpaired) electrons. The lowest BCUT2D eigenvalue weighted by molar-refractivity contribution is -0.384. The second kappa shape index (κ2) is 17.1. The van der Waals surface area contributed by atoms with Crippen LogP contribution >= 0.6 is 0 Å². The van der Waals surface area contributed by atoms with Gasteiger partial charge in [-0.05, 0) is 79.3 Å². The molecule has 0 saturated carbocycles. The van der Waals surface area contributed by atoms with E-state index in [9.17, 15) is 24.5 Å². The van der Waals surface area contributed by atoms with E-state index < -0.39 is 34.1 Å². The minimum Gasteiger partial charge on any atom is -0.497 e. The molecular formula is C40H40N4O10. The number of aromatic amines is 1. The number of nitro groups is 1. The lowest BCUT2D eigenvalue weighted by atomic mass is 9.80. The number of hydrogen-bond donors (Lipinski definition) is 2. The van der Waals surface area contributed by atoms with E-state index in [4.69, 9.17) is 23.7 Å². The largest absolute Gasteiger partial charge is 0.497 e. The van der Waals surface area contributed by atoms with Crippen LogP contribution in [0.25, 0.3) is 0 Å². The normalized spacial score (nSPS) is 16.3. The molecule has 0 aliphatic carbocycles. The summed E-state index contributed by atoms with van der Waals surface area (Å²) >= 11 is 0. The number of nitrogens with zero attached hydrogens (tertiary/aromatic N) is 2. The first-order valence-corrected chi connectivity index (χ1v) is 17.4. The first-order chi connectivity index (χ1) is 26.2. The quantitative estimate of drug-likeness (QED) is 0.0561. The van der Waals surface area contributed by atoms with Gasteiger partial charge < -0.3 is 29.0 Å². The first-order valence-electron chi connectivity index (χ1n) is 17.4. The van der Waals surface area contributed by atoms with Gasteiger partial charge in [-0.3, -0.25) is 24.5 Å². The molecule has 0 spiro atoms. The van der Waals surface area contributed by atoms with Gasteiger partial charge in [-0.2, -0.15) is 0 Å². The number of methoxy groups -OCH3 is 1. The Balaban J connectivity index is 1.15. The van der Waals surface area contributed by atoms with Crippen LogP contribution in [-0.4, -0.2) is 53.5 Å². The summed E-state index contributed by atoms with van der Waals surface area (Å²) in [6.07, 6.45) is 1.68. The van der Waals surface area contributed by atoms with Crippen molar-refractivity contribution in [2.45, 2.75) is 44.1 Å². The van der Waals surface area contributed by atoms with Crippen molar-refractivity contribution < 1.29 is 33.4 Å². The second-order valence-corrected chi connectivity index (χ2v) is 12.6. The number of carbonyl (C=O) groups excluding carboxylic acids is 1. The first kappa shape index (κ1) is 37.5. The number of hydrogen-bond acceptors (Lipinski definition) is 10. The van der Waals surface area contributed by atoms with Gasteiger partial charge in [0.15, 0.2) is 0 Å². The van der Waals surface area contributed by atoms with Crippen LogP contribution in [0.2, 0.25) is 0 Å².